The molecule has 1 aliphatic rings. The molecular formula is C13H10BrClO2. The maximum atomic E-state index is 6.13. The van der Waals surface area contributed by atoms with Crippen LogP contribution in [0.15, 0.2) is 34.9 Å². The van der Waals surface area contributed by atoms with Crippen molar-refractivity contribution in [3.8, 4) is 5.75 Å². The lowest BCUT2D eigenvalue weighted by Gasteiger charge is -2.12. The fourth-order valence-corrected chi connectivity index (χ4v) is 2.92. The number of halogens is 2. The lowest BCUT2D eigenvalue weighted by atomic mass is 10.0. The summed E-state index contributed by atoms with van der Waals surface area (Å²) < 4.78 is 11.1. The third-order valence-corrected chi connectivity index (χ3v) is 4.01. The molecule has 2 aromatic rings. The van der Waals surface area contributed by atoms with Crippen molar-refractivity contribution in [2.75, 3.05) is 6.61 Å². The predicted octanol–water partition coefficient (Wildman–Crippen LogP) is 4.35. The van der Waals surface area contributed by atoms with Crippen LogP contribution in [0.2, 0.25) is 5.02 Å². The Labute approximate surface area is 113 Å². The van der Waals surface area contributed by atoms with Crippen LogP contribution in [0.25, 0.3) is 0 Å². The van der Waals surface area contributed by atoms with E-state index >= 15 is 0 Å². The van der Waals surface area contributed by atoms with E-state index < -0.39 is 0 Å². The molecule has 0 amide bonds. The van der Waals surface area contributed by atoms with Gasteiger partial charge in [-0.15, -0.1) is 0 Å². The molecule has 17 heavy (non-hydrogen) atoms. The van der Waals surface area contributed by atoms with Gasteiger partial charge in [-0.05, 0) is 29.8 Å². The van der Waals surface area contributed by atoms with Gasteiger partial charge < -0.3 is 9.15 Å². The summed E-state index contributed by atoms with van der Waals surface area (Å²) in [6.07, 6.45) is 2.58. The number of alkyl halides is 1. The van der Waals surface area contributed by atoms with Crippen LogP contribution in [0.5, 0.6) is 5.75 Å². The molecule has 3 rings (SSSR count). The summed E-state index contributed by atoms with van der Waals surface area (Å²) >= 11 is 9.76. The zero-order valence-electron chi connectivity index (χ0n) is 8.95. The summed E-state index contributed by atoms with van der Waals surface area (Å²) in [6.45, 7) is 0.723. The second kappa shape index (κ2) is 4.39. The van der Waals surface area contributed by atoms with Crippen LogP contribution in [0.4, 0.5) is 0 Å². The Kier molecular flexibility index (Phi) is 2.89. The van der Waals surface area contributed by atoms with Crippen molar-refractivity contribution < 1.29 is 9.15 Å². The molecule has 0 saturated heterocycles. The Morgan fingerprint density at radius 1 is 1.35 bits per heavy atom. The zero-order valence-corrected chi connectivity index (χ0v) is 11.3. The first-order valence-electron chi connectivity index (χ1n) is 5.38. The summed E-state index contributed by atoms with van der Waals surface area (Å²) in [6, 6.07) is 7.69. The number of ether oxygens (including phenoxy) is 1. The molecule has 1 unspecified atom stereocenters. The third kappa shape index (κ3) is 1.98. The van der Waals surface area contributed by atoms with E-state index in [1.807, 2.05) is 24.3 Å². The van der Waals surface area contributed by atoms with E-state index in [9.17, 15) is 0 Å². The average Bonchev–Trinajstić information content (AvgIpc) is 2.97. The van der Waals surface area contributed by atoms with Crippen LogP contribution in [0, 0.1) is 0 Å². The summed E-state index contributed by atoms with van der Waals surface area (Å²) in [5.74, 6) is 1.79. The number of hydrogen-bond donors (Lipinski definition) is 0. The van der Waals surface area contributed by atoms with E-state index in [2.05, 4.69) is 15.9 Å². The van der Waals surface area contributed by atoms with Gasteiger partial charge in [0.25, 0.3) is 0 Å². The van der Waals surface area contributed by atoms with Crippen molar-refractivity contribution in [1.82, 2.24) is 0 Å². The second-order valence-corrected chi connectivity index (χ2v) is 5.31. The molecule has 0 N–H and O–H groups in total. The van der Waals surface area contributed by atoms with Gasteiger partial charge in [-0.3, -0.25) is 0 Å². The van der Waals surface area contributed by atoms with Crippen LogP contribution < -0.4 is 4.74 Å². The molecule has 0 aliphatic carbocycles. The normalized spacial score (nSPS) is 15.4. The predicted molar refractivity (Wildman–Crippen MR) is 70.1 cm³/mol. The number of benzene rings is 1. The Balaban J connectivity index is 2.09. The largest absolute Gasteiger partial charge is 0.493 e. The summed E-state index contributed by atoms with van der Waals surface area (Å²) in [4.78, 5) is -0.0250. The Bertz CT molecular complexity index is 537. The van der Waals surface area contributed by atoms with E-state index in [-0.39, 0.29) is 4.83 Å². The molecule has 2 heterocycles. The highest BCUT2D eigenvalue weighted by molar-refractivity contribution is 9.09. The number of hydrogen-bond acceptors (Lipinski definition) is 2. The van der Waals surface area contributed by atoms with Gasteiger partial charge in [-0.2, -0.15) is 0 Å². The van der Waals surface area contributed by atoms with Crippen LogP contribution >= 0.6 is 27.5 Å². The highest BCUT2D eigenvalue weighted by Crippen LogP contribution is 2.42. The molecule has 0 spiro atoms. The Hall–Kier alpha value is -0.930. The van der Waals surface area contributed by atoms with Gasteiger partial charge in [-0.25, -0.2) is 0 Å². The molecule has 0 fully saturated rings. The minimum Gasteiger partial charge on any atom is -0.493 e. The first-order valence-corrected chi connectivity index (χ1v) is 6.67. The molecule has 0 radical (unpaired) electrons. The van der Waals surface area contributed by atoms with Gasteiger partial charge in [0.05, 0.1) is 12.9 Å². The zero-order chi connectivity index (χ0) is 11.8. The van der Waals surface area contributed by atoms with E-state index in [1.165, 1.54) is 5.56 Å². The third-order valence-electron chi connectivity index (χ3n) is 2.84. The van der Waals surface area contributed by atoms with Crippen molar-refractivity contribution in [1.29, 1.82) is 0 Å². The van der Waals surface area contributed by atoms with E-state index in [1.54, 1.807) is 6.26 Å². The lowest BCUT2D eigenvalue weighted by Crippen LogP contribution is -1.96. The van der Waals surface area contributed by atoms with E-state index in [0.717, 1.165) is 35.1 Å². The molecule has 1 aromatic heterocycles. The number of fused-ring (bicyclic) bond motifs is 1. The quantitative estimate of drug-likeness (QED) is 0.769. The van der Waals surface area contributed by atoms with Crippen molar-refractivity contribution in [2.24, 2.45) is 0 Å². The van der Waals surface area contributed by atoms with Crippen molar-refractivity contribution in [2.45, 2.75) is 11.2 Å². The van der Waals surface area contributed by atoms with Gasteiger partial charge in [-0.1, -0.05) is 27.5 Å². The second-order valence-electron chi connectivity index (χ2n) is 3.96. The van der Waals surface area contributed by atoms with Crippen LogP contribution in [-0.2, 0) is 6.42 Å². The maximum Gasteiger partial charge on any atom is 0.127 e. The molecule has 88 valence electrons. The molecule has 2 nitrogen and oxygen atoms in total. The van der Waals surface area contributed by atoms with Gasteiger partial charge in [0.15, 0.2) is 0 Å². The van der Waals surface area contributed by atoms with Crippen LogP contribution in [0.3, 0.4) is 0 Å². The van der Waals surface area contributed by atoms with Gasteiger partial charge in [0.1, 0.15) is 16.3 Å². The molecule has 4 heteroatoms. The molecule has 1 aliphatic heterocycles. The standard InChI is InChI=1S/C13H10BrClO2/c14-12(11-2-1-4-16-11)10-7-9(15)6-8-3-5-17-13(8)10/h1-2,4,6-7,12H,3,5H2. The van der Waals surface area contributed by atoms with Crippen molar-refractivity contribution in [3.05, 3.63) is 52.4 Å². The van der Waals surface area contributed by atoms with Gasteiger partial charge in [0, 0.05) is 17.0 Å². The first-order chi connectivity index (χ1) is 8.25. The summed E-state index contributed by atoms with van der Waals surface area (Å²) in [5.41, 5.74) is 2.20. The van der Waals surface area contributed by atoms with Gasteiger partial charge >= 0.3 is 0 Å². The molecular weight excluding hydrogens is 303 g/mol. The Morgan fingerprint density at radius 3 is 3.00 bits per heavy atom. The fourth-order valence-electron chi connectivity index (χ4n) is 2.07. The number of furan rings is 1. The topological polar surface area (TPSA) is 22.4 Å². The first kappa shape index (κ1) is 11.2. The minimum atomic E-state index is -0.0250. The number of rotatable bonds is 2. The monoisotopic (exact) mass is 312 g/mol. The summed E-state index contributed by atoms with van der Waals surface area (Å²) in [7, 11) is 0. The lowest BCUT2D eigenvalue weighted by molar-refractivity contribution is 0.353. The molecule has 1 atom stereocenters. The van der Waals surface area contributed by atoms with Crippen molar-refractivity contribution in [3.63, 3.8) is 0 Å². The van der Waals surface area contributed by atoms with Crippen LogP contribution in [-0.4, -0.2) is 6.61 Å². The summed E-state index contributed by atoms with van der Waals surface area (Å²) in [5, 5.41) is 0.736. The van der Waals surface area contributed by atoms with E-state index in [0.29, 0.717) is 0 Å². The molecule has 0 saturated carbocycles. The van der Waals surface area contributed by atoms with Crippen LogP contribution in [0.1, 0.15) is 21.7 Å². The molecule has 0 bridgehead atoms. The van der Waals surface area contributed by atoms with Crippen molar-refractivity contribution >= 4 is 27.5 Å². The molecule has 1 aromatic carbocycles. The maximum absolute atomic E-state index is 6.13. The smallest absolute Gasteiger partial charge is 0.127 e. The fraction of sp³-hybridized carbons (Fsp3) is 0.231. The van der Waals surface area contributed by atoms with E-state index in [4.69, 9.17) is 20.8 Å². The minimum absolute atomic E-state index is 0.0250. The average molecular weight is 314 g/mol. The highest BCUT2D eigenvalue weighted by Gasteiger charge is 2.24. The Morgan fingerprint density at radius 2 is 2.24 bits per heavy atom. The SMILES string of the molecule is Clc1cc2c(c(C(Br)c3ccco3)c1)OCC2. The highest BCUT2D eigenvalue weighted by atomic mass is 79.9. The van der Waals surface area contributed by atoms with Gasteiger partial charge in [0.2, 0.25) is 0 Å².